The van der Waals surface area contributed by atoms with Crippen LogP contribution in [0.1, 0.15) is 247 Å². The van der Waals surface area contributed by atoms with E-state index >= 15 is 19.2 Å². The van der Waals surface area contributed by atoms with E-state index in [1.807, 2.05) is 0 Å². The van der Waals surface area contributed by atoms with Crippen LogP contribution in [0, 0.1) is 34.5 Å². The van der Waals surface area contributed by atoms with E-state index in [1.165, 1.54) is 86.2 Å². The normalized spacial score (nSPS) is 12.5. The molecular weight excluding hydrogens is 1110 g/mol. The molecule has 448 valence electrons. The van der Waals surface area contributed by atoms with Gasteiger partial charge in [0.05, 0.1) is 53.6 Å². The summed E-state index contributed by atoms with van der Waals surface area (Å²) < 4.78 is 15.4. The van der Waals surface area contributed by atoms with Crippen LogP contribution in [-0.4, -0.2) is 34.3 Å². The average Bonchev–Trinajstić information content (AvgIpc) is 1.29. The zero-order valence-corrected chi connectivity index (χ0v) is 53.6. The highest BCUT2D eigenvalue weighted by Gasteiger charge is 2.32. The SMILES string of the molecule is CCCCCCCCCCC(CCCCCCCC)Cn1c(=O)c2c3sc(=C(C#N)C(=O)OCC)sc3c3c(=O)n(CC(CCCCCCCC)CCCCCCCCCC)c(=O)c4c5sc(=C(C#N)C(=O)OCC)sc5c(c1=O)c2c34. The van der Waals surface area contributed by atoms with Gasteiger partial charge in [0.1, 0.15) is 19.8 Å². The fraction of sp³-hybridized carbons (Fsp3) is 0.667. The van der Waals surface area contributed by atoms with Crippen LogP contribution in [0.4, 0.5) is 0 Å². The van der Waals surface area contributed by atoms with Crippen LogP contribution in [0.5, 0.6) is 0 Å². The average molecular weight is 1200 g/mol. The molecule has 0 spiro atoms. The Bertz CT molecular complexity index is 3140. The van der Waals surface area contributed by atoms with Gasteiger partial charge in [-0.25, -0.2) is 9.59 Å². The molecule has 82 heavy (non-hydrogen) atoms. The van der Waals surface area contributed by atoms with Gasteiger partial charge in [-0.05, 0) is 51.4 Å². The summed E-state index contributed by atoms with van der Waals surface area (Å²) in [6.07, 6.45) is 35.0. The molecule has 0 aliphatic heterocycles. The summed E-state index contributed by atoms with van der Waals surface area (Å²) >= 11 is 4.22. The van der Waals surface area contributed by atoms with Crippen LogP contribution in [-0.2, 0) is 32.2 Å². The molecule has 2 aromatic carbocycles. The van der Waals surface area contributed by atoms with E-state index < -0.39 is 34.2 Å². The van der Waals surface area contributed by atoms with Gasteiger partial charge in [0, 0.05) is 23.9 Å². The number of ether oxygens (including phenoxy) is 2. The molecule has 6 rings (SSSR count). The lowest BCUT2D eigenvalue weighted by atomic mass is 9.92. The highest BCUT2D eigenvalue weighted by atomic mass is 32.2. The standard InChI is InChI=1S/C66H92N4O8S4/c1-7-13-17-21-25-27-31-35-39-45(37-33-29-23-19-15-9-3)43-69-59(71)51-49-50-53(57-55(51)79-65(81-57)47(41-67)63(75)77-11-5)61(73)70(44-46(38-34-30-24-20-16-10-4)40-36-32-28-26-22-18-14-8-2)62(74)54(50)58-56(52(49)60(69)72)80-66(82-58)48(42-68)64(76)78-12-6/h45-46H,7-40,43-44H2,1-6H3. The monoisotopic (exact) mass is 1200 g/mol. The van der Waals surface area contributed by atoms with E-state index in [0.717, 1.165) is 174 Å². The van der Waals surface area contributed by atoms with Gasteiger partial charge < -0.3 is 9.47 Å². The van der Waals surface area contributed by atoms with Gasteiger partial charge in [-0.2, -0.15) is 10.5 Å². The molecule has 6 aromatic rings. The third kappa shape index (κ3) is 16.8. The number of esters is 2. The van der Waals surface area contributed by atoms with Gasteiger partial charge in [0.15, 0.2) is 11.1 Å². The number of pyridine rings is 2. The lowest BCUT2D eigenvalue weighted by molar-refractivity contribution is -0.136. The number of hydrogen-bond donors (Lipinski definition) is 0. The Hall–Kier alpha value is -4.74. The number of hydrogen-bond acceptors (Lipinski definition) is 14. The molecule has 0 saturated heterocycles. The molecule has 0 N–H and O–H groups in total. The van der Waals surface area contributed by atoms with Crippen molar-refractivity contribution in [3.05, 3.63) is 49.1 Å². The summed E-state index contributed by atoms with van der Waals surface area (Å²) in [5.74, 6) is -1.66. The van der Waals surface area contributed by atoms with Crippen molar-refractivity contribution < 1.29 is 19.1 Å². The number of rotatable bonds is 40. The van der Waals surface area contributed by atoms with Crippen molar-refractivity contribution in [1.82, 2.24) is 9.13 Å². The summed E-state index contributed by atoms with van der Waals surface area (Å²) in [6.45, 7) is 12.5. The first-order valence-corrected chi connectivity index (χ1v) is 35.0. The van der Waals surface area contributed by atoms with Crippen molar-refractivity contribution in [3.8, 4) is 12.1 Å². The minimum atomic E-state index is -0.828. The Kier molecular flexibility index (Phi) is 28.3. The van der Waals surface area contributed by atoms with Crippen LogP contribution < -0.4 is 29.9 Å². The smallest absolute Gasteiger partial charge is 0.351 e. The third-order valence-electron chi connectivity index (χ3n) is 16.5. The topological polar surface area (TPSA) is 178 Å². The second-order valence-corrected chi connectivity index (χ2v) is 27.4. The number of benzene rings is 2. The van der Waals surface area contributed by atoms with Crippen molar-refractivity contribution in [3.63, 3.8) is 0 Å². The van der Waals surface area contributed by atoms with Gasteiger partial charge in [-0.15, -0.1) is 45.3 Å². The lowest BCUT2D eigenvalue weighted by Crippen LogP contribution is -2.38. The van der Waals surface area contributed by atoms with Crippen molar-refractivity contribution in [2.24, 2.45) is 11.8 Å². The fourth-order valence-corrected chi connectivity index (χ4v) is 17.5. The number of nitriles is 2. The van der Waals surface area contributed by atoms with Gasteiger partial charge in [0.2, 0.25) is 0 Å². The zero-order chi connectivity index (χ0) is 59.0. The Balaban J connectivity index is 1.67. The first-order valence-electron chi connectivity index (χ1n) is 31.8. The molecule has 2 unspecified atom stereocenters. The summed E-state index contributed by atoms with van der Waals surface area (Å²) in [6, 6.07) is 4.11. The second kappa shape index (κ2) is 34.9. The van der Waals surface area contributed by atoms with E-state index in [4.69, 9.17) is 9.47 Å². The van der Waals surface area contributed by atoms with Crippen molar-refractivity contribution in [2.45, 2.75) is 260 Å². The molecule has 4 heterocycles. The number of unbranched alkanes of at least 4 members (excludes halogenated alkanes) is 24. The summed E-state index contributed by atoms with van der Waals surface area (Å²) in [5.41, 5.74) is -2.74. The molecule has 16 heteroatoms. The molecule has 0 saturated carbocycles. The first kappa shape index (κ1) is 66.4. The predicted molar refractivity (Wildman–Crippen MR) is 346 cm³/mol. The molecule has 0 aliphatic rings. The Morgan fingerprint density at radius 3 is 0.829 bits per heavy atom. The third-order valence-corrected chi connectivity index (χ3v) is 21.8. The first-order chi connectivity index (χ1) is 40.0. The summed E-state index contributed by atoms with van der Waals surface area (Å²) in [4.78, 5) is 90.4. The number of nitrogens with zero attached hydrogens (tertiary/aromatic N) is 4. The molecule has 0 fully saturated rings. The fourth-order valence-electron chi connectivity index (χ4n) is 12.0. The number of carbonyl (C=O) groups is 2. The van der Waals surface area contributed by atoms with Gasteiger partial charge in [-0.1, -0.05) is 207 Å². The minimum Gasteiger partial charge on any atom is -0.462 e. The number of fused-ring (bicyclic) bond motifs is 6. The van der Waals surface area contributed by atoms with E-state index in [1.54, 1.807) is 13.8 Å². The minimum absolute atomic E-state index is 0.000453. The zero-order valence-electron chi connectivity index (χ0n) is 50.3. The number of aromatic nitrogens is 2. The van der Waals surface area contributed by atoms with E-state index in [2.05, 4.69) is 39.8 Å². The molecule has 12 nitrogen and oxygen atoms in total. The largest absolute Gasteiger partial charge is 0.462 e. The molecule has 4 aromatic heterocycles. The van der Waals surface area contributed by atoms with Crippen LogP contribution in [0.2, 0.25) is 0 Å². The molecule has 2 atom stereocenters. The van der Waals surface area contributed by atoms with Gasteiger partial charge in [0.25, 0.3) is 22.2 Å². The Labute approximate surface area is 501 Å². The molecule has 0 aliphatic carbocycles. The maximum atomic E-state index is 15.8. The quantitative estimate of drug-likeness (QED) is 0.0204. The van der Waals surface area contributed by atoms with E-state index in [0.29, 0.717) is 18.8 Å². The predicted octanol–water partition coefficient (Wildman–Crippen LogP) is 16.5. The van der Waals surface area contributed by atoms with Crippen molar-refractivity contribution in [2.75, 3.05) is 13.2 Å². The highest BCUT2D eigenvalue weighted by molar-refractivity contribution is 7.38. The number of carbonyl (C=O) groups excluding carboxylic acids is 2. The maximum Gasteiger partial charge on any atom is 0.351 e. The van der Waals surface area contributed by atoms with Gasteiger partial charge >= 0.3 is 11.9 Å². The summed E-state index contributed by atoms with van der Waals surface area (Å²) in [5, 5.41) is 22.1. The maximum absolute atomic E-state index is 15.8. The second-order valence-electron chi connectivity index (χ2n) is 22.8. The van der Waals surface area contributed by atoms with Crippen LogP contribution in [0.25, 0.3) is 62.3 Å². The van der Waals surface area contributed by atoms with Crippen LogP contribution in [0.15, 0.2) is 19.2 Å². The summed E-state index contributed by atoms with van der Waals surface area (Å²) in [7, 11) is 0. The van der Waals surface area contributed by atoms with Crippen molar-refractivity contribution >= 4 is 120 Å². The Morgan fingerprint density at radius 2 is 0.610 bits per heavy atom. The van der Waals surface area contributed by atoms with E-state index in [-0.39, 0.29) is 89.3 Å². The van der Waals surface area contributed by atoms with Crippen molar-refractivity contribution in [1.29, 1.82) is 10.5 Å². The highest BCUT2D eigenvalue weighted by Crippen LogP contribution is 2.45. The molecule has 0 radical (unpaired) electrons. The van der Waals surface area contributed by atoms with Gasteiger partial charge in [-0.3, -0.25) is 28.3 Å². The molecule has 0 amide bonds. The Morgan fingerprint density at radius 1 is 0.378 bits per heavy atom. The lowest BCUT2D eigenvalue weighted by Gasteiger charge is -2.21. The molecular formula is C66H92N4O8S4. The van der Waals surface area contributed by atoms with Crippen LogP contribution >= 0.6 is 45.3 Å². The van der Waals surface area contributed by atoms with E-state index in [9.17, 15) is 20.1 Å². The molecule has 0 bridgehead atoms. The van der Waals surface area contributed by atoms with Crippen LogP contribution in [0.3, 0.4) is 0 Å².